The van der Waals surface area contributed by atoms with Crippen molar-refractivity contribution in [2.24, 2.45) is 46.3 Å². The lowest BCUT2D eigenvalue weighted by atomic mass is 9.47. The standard InChI is InChI=1S/C36H55NO4/c1-23(22-37-33(34(40)41)20-25-8-11-27(38)12-9-25)6-5-7-24(2)30-14-15-31-29-13-10-26-21-28(39)16-18-35(26,3)32(29)17-19-36(30,31)4/h8-12,23-24,28-33,37-39H,5-7,13-22H2,1-4H3,(H,40,41)/t23?,24-,28+,29+,30-,31+,32+,33+,35+,36-/m1/s1. The Morgan fingerprint density at radius 1 is 1.02 bits per heavy atom. The summed E-state index contributed by atoms with van der Waals surface area (Å²) in [7, 11) is 0. The average molecular weight is 566 g/mol. The van der Waals surface area contributed by atoms with Crippen molar-refractivity contribution in [3.8, 4) is 5.75 Å². The summed E-state index contributed by atoms with van der Waals surface area (Å²) in [5, 5.41) is 32.8. The first kappa shape index (κ1) is 30.6. The van der Waals surface area contributed by atoms with Gasteiger partial charge in [0.1, 0.15) is 11.8 Å². The van der Waals surface area contributed by atoms with Crippen LogP contribution in [0.1, 0.15) is 104 Å². The van der Waals surface area contributed by atoms with Gasteiger partial charge in [0.15, 0.2) is 0 Å². The molecule has 0 spiro atoms. The summed E-state index contributed by atoms with van der Waals surface area (Å²) in [6.45, 7) is 10.6. The number of carboxylic acid groups (broad SMARTS) is 1. The van der Waals surface area contributed by atoms with E-state index >= 15 is 0 Å². The third-order valence-electron chi connectivity index (χ3n) is 12.6. The molecule has 10 atom stereocenters. The monoisotopic (exact) mass is 565 g/mol. The van der Waals surface area contributed by atoms with Gasteiger partial charge in [0, 0.05) is 0 Å². The SMILES string of the molecule is CC(CCC[C@@H](C)[C@H]1CC[C@H]2[C@@H]3CC=C4C[C@@H](O)CC[C@]4(C)[C@H]3CC[C@]12C)CN[C@@H](Cc1ccc(O)cc1)C(=O)O. The number of carboxylic acids is 1. The van der Waals surface area contributed by atoms with Gasteiger partial charge in [0.2, 0.25) is 0 Å². The molecule has 1 aromatic rings. The Labute approximate surface area is 248 Å². The fraction of sp³-hybridized carbons (Fsp3) is 0.750. The molecular weight excluding hydrogens is 510 g/mol. The van der Waals surface area contributed by atoms with E-state index in [1.54, 1.807) is 29.8 Å². The molecule has 3 saturated carbocycles. The Bertz CT molecular complexity index is 1080. The predicted octanol–water partition coefficient (Wildman–Crippen LogP) is 7.36. The summed E-state index contributed by atoms with van der Waals surface area (Å²) in [5.41, 5.74) is 3.27. The van der Waals surface area contributed by atoms with Crippen molar-refractivity contribution in [2.45, 2.75) is 117 Å². The molecule has 4 N–H and O–H groups in total. The average Bonchev–Trinajstić information content (AvgIpc) is 3.29. The first-order valence-electron chi connectivity index (χ1n) is 16.6. The van der Waals surface area contributed by atoms with Crippen molar-refractivity contribution in [3.05, 3.63) is 41.5 Å². The Balaban J connectivity index is 1.10. The Morgan fingerprint density at radius 2 is 1.78 bits per heavy atom. The van der Waals surface area contributed by atoms with Gasteiger partial charge in [-0.05, 0) is 135 Å². The van der Waals surface area contributed by atoms with E-state index in [0.29, 0.717) is 29.7 Å². The lowest BCUT2D eigenvalue weighted by Crippen LogP contribution is -2.50. The molecule has 5 rings (SSSR count). The van der Waals surface area contributed by atoms with Gasteiger partial charge in [-0.2, -0.15) is 0 Å². The Hall–Kier alpha value is -1.85. The summed E-state index contributed by atoms with van der Waals surface area (Å²) in [6.07, 6.45) is 16.2. The van der Waals surface area contributed by atoms with E-state index in [4.69, 9.17) is 0 Å². The number of aliphatic carboxylic acids is 1. The minimum Gasteiger partial charge on any atom is -0.508 e. The van der Waals surface area contributed by atoms with Crippen LogP contribution in [0.25, 0.3) is 0 Å². The molecule has 1 unspecified atom stereocenters. The molecule has 4 aliphatic rings. The van der Waals surface area contributed by atoms with E-state index in [1.807, 2.05) is 0 Å². The van der Waals surface area contributed by atoms with Crippen LogP contribution >= 0.6 is 0 Å². The van der Waals surface area contributed by atoms with Crippen LogP contribution in [-0.2, 0) is 11.2 Å². The van der Waals surface area contributed by atoms with Gasteiger partial charge in [-0.1, -0.05) is 64.3 Å². The van der Waals surface area contributed by atoms with Crippen LogP contribution in [0.2, 0.25) is 0 Å². The quantitative estimate of drug-likeness (QED) is 0.211. The maximum Gasteiger partial charge on any atom is 0.321 e. The minimum absolute atomic E-state index is 0.126. The zero-order valence-corrected chi connectivity index (χ0v) is 25.9. The van der Waals surface area contributed by atoms with Gasteiger partial charge < -0.3 is 20.6 Å². The number of phenols is 1. The molecule has 3 fully saturated rings. The third kappa shape index (κ3) is 6.27. The summed E-state index contributed by atoms with van der Waals surface area (Å²) in [4.78, 5) is 11.8. The molecule has 5 nitrogen and oxygen atoms in total. The number of hydrogen-bond acceptors (Lipinski definition) is 4. The molecule has 0 aliphatic heterocycles. The van der Waals surface area contributed by atoms with Crippen LogP contribution in [0.4, 0.5) is 0 Å². The minimum atomic E-state index is -0.822. The molecule has 0 bridgehead atoms. The number of phenolic OH excluding ortho intramolecular Hbond substituents is 1. The van der Waals surface area contributed by atoms with Crippen molar-refractivity contribution in [1.29, 1.82) is 0 Å². The van der Waals surface area contributed by atoms with Crippen LogP contribution in [-0.4, -0.2) is 40.0 Å². The van der Waals surface area contributed by atoms with E-state index in [1.165, 1.54) is 51.4 Å². The highest BCUT2D eigenvalue weighted by Gasteiger charge is 2.59. The highest BCUT2D eigenvalue weighted by atomic mass is 16.4. The molecule has 5 heteroatoms. The second-order valence-corrected chi connectivity index (χ2v) is 15.1. The van der Waals surface area contributed by atoms with Gasteiger partial charge in [0.05, 0.1) is 6.10 Å². The van der Waals surface area contributed by atoms with E-state index in [2.05, 4.69) is 39.1 Å². The van der Waals surface area contributed by atoms with Gasteiger partial charge >= 0.3 is 5.97 Å². The number of aromatic hydroxyl groups is 1. The summed E-state index contributed by atoms with van der Waals surface area (Å²) in [6, 6.07) is 6.20. The topological polar surface area (TPSA) is 89.8 Å². The fourth-order valence-electron chi connectivity index (χ4n) is 10.2. The molecule has 0 amide bonds. The third-order valence-corrected chi connectivity index (χ3v) is 12.6. The molecule has 0 aromatic heterocycles. The van der Waals surface area contributed by atoms with Gasteiger partial charge in [-0.3, -0.25) is 4.79 Å². The largest absolute Gasteiger partial charge is 0.508 e. The maximum atomic E-state index is 11.8. The number of aliphatic hydroxyl groups is 1. The fourth-order valence-corrected chi connectivity index (χ4v) is 10.2. The number of hydrogen-bond donors (Lipinski definition) is 4. The van der Waals surface area contributed by atoms with Crippen LogP contribution < -0.4 is 5.32 Å². The molecular formula is C36H55NO4. The molecule has 0 heterocycles. The normalized spacial score (nSPS) is 36.8. The van der Waals surface area contributed by atoms with Gasteiger partial charge in [0.25, 0.3) is 0 Å². The molecule has 4 aliphatic carbocycles. The van der Waals surface area contributed by atoms with Gasteiger partial charge in [-0.15, -0.1) is 0 Å². The second-order valence-electron chi connectivity index (χ2n) is 15.1. The molecule has 0 radical (unpaired) electrons. The Morgan fingerprint density at radius 3 is 2.51 bits per heavy atom. The number of rotatable bonds is 11. The summed E-state index contributed by atoms with van der Waals surface area (Å²) >= 11 is 0. The van der Waals surface area contributed by atoms with Crippen molar-refractivity contribution < 1.29 is 20.1 Å². The number of aliphatic hydroxyl groups excluding tert-OH is 1. The Kier molecular flexibility index (Phi) is 9.26. The number of nitrogens with one attached hydrogen (secondary N) is 1. The van der Waals surface area contributed by atoms with Crippen molar-refractivity contribution in [1.82, 2.24) is 5.32 Å². The van der Waals surface area contributed by atoms with Crippen LogP contribution in [0, 0.1) is 46.3 Å². The maximum absolute atomic E-state index is 11.8. The van der Waals surface area contributed by atoms with Crippen molar-refractivity contribution in [2.75, 3.05) is 6.54 Å². The summed E-state index contributed by atoms with van der Waals surface area (Å²) in [5.74, 6) is 3.84. The van der Waals surface area contributed by atoms with Gasteiger partial charge in [-0.25, -0.2) is 0 Å². The number of fused-ring (bicyclic) bond motifs is 5. The highest BCUT2D eigenvalue weighted by molar-refractivity contribution is 5.73. The molecule has 41 heavy (non-hydrogen) atoms. The number of allylic oxidation sites excluding steroid dienone is 1. The molecule has 1 aromatic carbocycles. The summed E-state index contributed by atoms with van der Waals surface area (Å²) < 4.78 is 0. The molecule has 228 valence electrons. The predicted molar refractivity (Wildman–Crippen MR) is 165 cm³/mol. The zero-order chi connectivity index (χ0) is 29.4. The van der Waals surface area contributed by atoms with Crippen LogP contribution in [0.5, 0.6) is 5.75 Å². The lowest BCUT2D eigenvalue weighted by molar-refractivity contribution is -0.139. The lowest BCUT2D eigenvalue weighted by Gasteiger charge is -2.58. The smallest absolute Gasteiger partial charge is 0.321 e. The second kappa shape index (κ2) is 12.4. The molecule has 0 saturated heterocycles. The van der Waals surface area contributed by atoms with Crippen LogP contribution in [0.3, 0.4) is 0 Å². The first-order chi connectivity index (χ1) is 19.5. The zero-order valence-electron chi connectivity index (χ0n) is 25.9. The highest BCUT2D eigenvalue weighted by Crippen LogP contribution is 2.67. The number of benzene rings is 1. The van der Waals surface area contributed by atoms with Crippen molar-refractivity contribution in [3.63, 3.8) is 0 Å². The van der Waals surface area contributed by atoms with E-state index < -0.39 is 12.0 Å². The van der Waals surface area contributed by atoms with E-state index in [-0.39, 0.29) is 11.9 Å². The first-order valence-corrected chi connectivity index (χ1v) is 16.6. The number of carbonyl (C=O) groups is 1. The van der Waals surface area contributed by atoms with Crippen LogP contribution in [0.15, 0.2) is 35.9 Å². The van der Waals surface area contributed by atoms with E-state index in [9.17, 15) is 20.1 Å². The van der Waals surface area contributed by atoms with E-state index in [0.717, 1.165) is 54.4 Å². The van der Waals surface area contributed by atoms with Crippen molar-refractivity contribution >= 4 is 5.97 Å².